The standard InChI is InChI=1S/10H2O.Yb/h10*1H2;. The van der Waals surface area contributed by atoms with Gasteiger partial charge in [0.2, 0.25) is 0 Å². The minimum absolute atomic E-state index is 0. The number of rotatable bonds is 0. The summed E-state index contributed by atoms with van der Waals surface area (Å²) in [4.78, 5) is 0. The fourth-order valence-corrected chi connectivity index (χ4v) is 0. The van der Waals surface area contributed by atoms with Crippen molar-refractivity contribution in [3.8, 4) is 0 Å². The van der Waals surface area contributed by atoms with Gasteiger partial charge in [-0.3, -0.25) is 0 Å². The average molecular weight is 353 g/mol. The van der Waals surface area contributed by atoms with Crippen LogP contribution in [0, 0.1) is 46.9 Å². The van der Waals surface area contributed by atoms with E-state index in [2.05, 4.69) is 0 Å². The van der Waals surface area contributed by atoms with Gasteiger partial charge < -0.3 is 54.8 Å². The Bertz CT molecular complexity index is 4.83. The van der Waals surface area contributed by atoms with E-state index in [4.69, 9.17) is 0 Å². The summed E-state index contributed by atoms with van der Waals surface area (Å²) in [5, 5.41) is 0. The smallest absolute Gasteiger partial charge is 0 e. The molecule has 0 aromatic heterocycles. The predicted octanol–water partition coefficient (Wildman–Crippen LogP) is -8.25. The van der Waals surface area contributed by atoms with Crippen LogP contribution in [0.25, 0.3) is 0 Å². The van der Waals surface area contributed by atoms with E-state index in [0.717, 1.165) is 0 Å². The first kappa shape index (κ1) is 1200. The van der Waals surface area contributed by atoms with Crippen LogP contribution in [0.5, 0.6) is 0 Å². The number of hydrogen-bond acceptors (Lipinski definition) is 0. The topological polar surface area (TPSA) is 315 Å². The maximum absolute atomic E-state index is 0. The largest absolute Gasteiger partial charge is 0.412 e. The van der Waals surface area contributed by atoms with E-state index in [1.807, 2.05) is 0 Å². The molecule has 0 heterocycles. The fraction of sp³-hybridized carbons (Fsp3) is 0. The summed E-state index contributed by atoms with van der Waals surface area (Å²) in [6, 6.07) is 0. The van der Waals surface area contributed by atoms with Crippen molar-refractivity contribution in [2.24, 2.45) is 0 Å². The molecule has 20 N–H and O–H groups in total. The van der Waals surface area contributed by atoms with Crippen LogP contribution in [-0.4, -0.2) is 54.8 Å². The summed E-state index contributed by atoms with van der Waals surface area (Å²) >= 11 is 0. The zero-order valence-electron chi connectivity index (χ0n) is 5.27. The summed E-state index contributed by atoms with van der Waals surface area (Å²) in [6.07, 6.45) is 0. The molecule has 0 amide bonds. The van der Waals surface area contributed by atoms with E-state index in [1.54, 1.807) is 0 Å². The molecule has 11 heteroatoms. The molecule has 0 saturated carbocycles. The van der Waals surface area contributed by atoms with Gasteiger partial charge in [0, 0.05) is 46.9 Å². The molecule has 0 radical (unpaired) electrons. The van der Waals surface area contributed by atoms with Crippen LogP contribution in [-0.2, 0) is 0 Å². The Balaban J connectivity index is 0. The summed E-state index contributed by atoms with van der Waals surface area (Å²) in [6.45, 7) is 0. The third kappa shape index (κ3) is 738. The molecule has 0 unspecified atom stereocenters. The van der Waals surface area contributed by atoms with Gasteiger partial charge in [-0.1, -0.05) is 0 Å². The average Bonchev–Trinajstić information content (AvgIpc) is 0. The Morgan fingerprint density at radius 3 is 0.182 bits per heavy atom. The Hall–Kier alpha value is 1.12. The van der Waals surface area contributed by atoms with Crippen molar-refractivity contribution < 1.29 is 102 Å². The van der Waals surface area contributed by atoms with Crippen molar-refractivity contribution in [2.45, 2.75) is 0 Å². The first-order valence-electron chi connectivity index (χ1n) is 0. The summed E-state index contributed by atoms with van der Waals surface area (Å²) < 4.78 is 0. The normalized spacial score (nSPS) is 0. The van der Waals surface area contributed by atoms with Crippen molar-refractivity contribution in [3.05, 3.63) is 0 Å². The maximum atomic E-state index is 0. The molecule has 0 spiro atoms. The zero-order valence-corrected chi connectivity index (χ0v) is 6.98. The van der Waals surface area contributed by atoms with Crippen LogP contribution < -0.4 is 0 Å². The Morgan fingerprint density at radius 1 is 0.182 bits per heavy atom. The number of hydrogen-bond donors (Lipinski definition) is 0. The van der Waals surface area contributed by atoms with E-state index >= 15 is 0 Å². The van der Waals surface area contributed by atoms with Gasteiger partial charge >= 0.3 is 0 Å². The van der Waals surface area contributed by atoms with Crippen LogP contribution in [0.15, 0.2) is 0 Å². The second-order valence-electron chi connectivity index (χ2n) is 0. The van der Waals surface area contributed by atoms with Crippen LogP contribution in [0.1, 0.15) is 0 Å². The zero-order chi connectivity index (χ0) is 0. The SMILES string of the molecule is O.O.O.O.O.O.O.O.O.O.[Yb]. The minimum atomic E-state index is 0. The van der Waals surface area contributed by atoms with Crippen molar-refractivity contribution >= 4 is 0 Å². The van der Waals surface area contributed by atoms with Crippen molar-refractivity contribution in [1.29, 1.82) is 0 Å². The second-order valence-corrected chi connectivity index (χ2v) is 0. The minimum Gasteiger partial charge on any atom is -0.412 e. The van der Waals surface area contributed by atoms with Crippen molar-refractivity contribution in [3.63, 3.8) is 0 Å². The van der Waals surface area contributed by atoms with Gasteiger partial charge in [0.1, 0.15) is 0 Å². The molecule has 0 aliphatic rings. The van der Waals surface area contributed by atoms with Crippen LogP contribution >= 0.6 is 0 Å². The molecule has 11 heavy (non-hydrogen) atoms. The maximum Gasteiger partial charge on any atom is 0 e. The van der Waals surface area contributed by atoms with E-state index < -0.39 is 0 Å². The van der Waals surface area contributed by atoms with Crippen LogP contribution in [0.3, 0.4) is 0 Å². The second kappa shape index (κ2) is 909. The Kier molecular flexibility index (Phi) is 98800. The molecule has 0 fully saturated rings. The van der Waals surface area contributed by atoms with Crippen LogP contribution in [0.4, 0.5) is 0 Å². The predicted molar refractivity (Wildman–Crippen MR) is 36.1 cm³/mol. The Morgan fingerprint density at radius 2 is 0.182 bits per heavy atom. The van der Waals surface area contributed by atoms with E-state index in [0.29, 0.717) is 0 Å². The van der Waals surface area contributed by atoms with Crippen LogP contribution in [0.2, 0.25) is 0 Å². The van der Waals surface area contributed by atoms with Gasteiger partial charge in [0.25, 0.3) is 0 Å². The summed E-state index contributed by atoms with van der Waals surface area (Å²) in [5.41, 5.74) is 0. The van der Waals surface area contributed by atoms with Gasteiger partial charge in [-0.15, -0.1) is 0 Å². The van der Waals surface area contributed by atoms with Gasteiger partial charge in [0.15, 0.2) is 0 Å². The third-order valence-electron chi connectivity index (χ3n) is 0. The Labute approximate surface area is 101 Å². The van der Waals surface area contributed by atoms with Crippen molar-refractivity contribution in [1.82, 2.24) is 0 Å². The van der Waals surface area contributed by atoms with E-state index in [1.165, 1.54) is 0 Å². The molecule has 0 rings (SSSR count). The molecule has 0 atom stereocenters. The van der Waals surface area contributed by atoms with Gasteiger partial charge in [0.05, 0.1) is 0 Å². The van der Waals surface area contributed by atoms with Gasteiger partial charge in [-0.05, 0) is 0 Å². The molecular weight excluding hydrogens is 333 g/mol. The molecule has 0 bridgehead atoms. The van der Waals surface area contributed by atoms with E-state index in [-0.39, 0.29) is 102 Å². The molecule has 0 aromatic carbocycles. The van der Waals surface area contributed by atoms with E-state index in [9.17, 15) is 0 Å². The van der Waals surface area contributed by atoms with Crippen molar-refractivity contribution in [2.75, 3.05) is 0 Å². The van der Waals surface area contributed by atoms with Gasteiger partial charge in [-0.2, -0.15) is 0 Å². The molecule has 0 aliphatic heterocycles. The molecular formula is H20O10Yb. The fourth-order valence-electron chi connectivity index (χ4n) is 0. The quantitative estimate of drug-likeness (QED) is 0.391. The first-order valence-corrected chi connectivity index (χ1v) is 0. The monoisotopic (exact) mass is 354 g/mol. The molecule has 0 saturated heterocycles. The molecule has 94 valence electrons. The molecule has 0 aliphatic carbocycles. The van der Waals surface area contributed by atoms with Gasteiger partial charge in [-0.25, -0.2) is 0 Å². The molecule has 10 nitrogen and oxygen atoms in total. The first-order chi connectivity index (χ1) is 0. The summed E-state index contributed by atoms with van der Waals surface area (Å²) in [7, 11) is 0. The summed E-state index contributed by atoms with van der Waals surface area (Å²) in [5.74, 6) is 0. The third-order valence-corrected chi connectivity index (χ3v) is 0. The molecule has 0 aromatic rings.